The van der Waals surface area contributed by atoms with Gasteiger partial charge in [0.1, 0.15) is 5.69 Å². The van der Waals surface area contributed by atoms with E-state index in [9.17, 15) is 19.7 Å². The average molecular weight is 291 g/mol. The number of rotatable bonds is 5. The Balaban J connectivity index is 3.03. The van der Waals surface area contributed by atoms with Gasteiger partial charge in [0.15, 0.2) is 0 Å². The van der Waals surface area contributed by atoms with Gasteiger partial charge in [0.05, 0.1) is 22.5 Å². The average Bonchev–Trinajstić information content (AvgIpc) is 2.45. The van der Waals surface area contributed by atoms with Crippen LogP contribution < -0.4 is 5.32 Å². The molecule has 1 rings (SSSR count). The molecule has 1 aromatic carbocycles. The number of hydrogen-bond acceptors (Lipinski definition) is 5. The molecule has 0 radical (unpaired) electrons. The van der Waals surface area contributed by atoms with E-state index in [1.165, 1.54) is 26.0 Å². The van der Waals surface area contributed by atoms with E-state index < -0.39 is 34.3 Å². The second-order valence-corrected chi connectivity index (χ2v) is 4.51. The lowest BCUT2D eigenvalue weighted by molar-refractivity contribution is -0.384. The summed E-state index contributed by atoms with van der Waals surface area (Å²) in [7, 11) is 0. The normalized spacial score (nSPS) is 12.8. The predicted molar refractivity (Wildman–Crippen MR) is 72.4 cm³/mol. The van der Waals surface area contributed by atoms with Gasteiger partial charge in [-0.25, -0.2) is 0 Å². The number of nitro benzene ring substituents is 1. The number of nitriles is 1. The van der Waals surface area contributed by atoms with Crippen molar-refractivity contribution in [3.05, 3.63) is 33.9 Å². The standard InChI is InChI=1S/C13H13N3O5/c1-7(8(2)13(18)19)12(17)15-10-4-3-9(6-14)5-11(10)16(20)21/h3-5,7-8H,1-2H3,(H,15,17)(H,18,19). The minimum atomic E-state index is -1.13. The number of carboxylic acid groups (broad SMARTS) is 1. The molecule has 0 saturated heterocycles. The fourth-order valence-corrected chi connectivity index (χ4v) is 1.55. The highest BCUT2D eigenvalue weighted by molar-refractivity contribution is 5.96. The summed E-state index contributed by atoms with van der Waals surface area (Å²) in [4.78, 5) is 33.0. The molecule has 0 heterocycles. The molecular weight excluding hydrogens is 278 g/mol. The molecule has 2 N–H and O–H groups in total. The molecule has 0 aliphatic rings. The lowest BCUT2D eigenvalue weighted by Crippen LogP contribution is -2.30. The highest BCUT2D eigenvalue weighted by Gasteiger charge is 2.27. The van der Waals surface area contributed by atoms with Crippen molar-refractivity contribution in [3.8, 4) is 6.07 Å². The first kappa shape index (κ1) is 16.1. The highest BCUT2D eigenvalue weighted by atomic mass is 16.6. The number of anilines is 1. The SMILES string of the molecule is CC(C(=O)O)C(C)C(=O)Nc1ccc(C#N)cc1[N+](=O)[O-]. The molecule has 110 valence electrons. The molecule has 1 aromatic rings. The van der Waals surface area contributed by atoms with Crippen molar-refractivity contribution in [2.24, 2.45) is 11.8 Å². The molecule has 0 aliphatic carbocycles. The summed E-state index contributed by atoms with van der Waals surface area (Å²) >= 11 is 0. The number of carbonyl (C=O) groups excluding carboxylic acids is 1. The summed E-state index contributed by atoms with van der Waals surface area (Å²) in [5, 5.41) is 30.8. The van der Waals surface area contributed by atoms with Crippen molar-refractivity contribution in [2.45, 2.75) is 13.8 Å². The molecule has 2 unspecified atom stereocenters. The number of nitrogens with zero attached hydrogens (tertiary/aromatic N) is 2. The topological polar surface area (TPSA) is 133 Å². The molecule has 2 atom stereocenters. The van der Waals surface area contributed by atoms with Gasteiger partial charge in [-0.05, 0) is 12.1 Å². The third-order valence-electron chi connectivity index (χ3n) is 3.13. The van der Waals surface area contributed by atoms with Crippen LogP contribution in [-0.2, 0) is 9.59 Å². The second-order valence-electron chi connectivity index (χ2n) is 4.51. The molecule has 0 spiro atoms. The van der Waals surface area contributed by atoms with E-state index >= 15 is 0 Å². The summed E-state index contributed by atoms with van der Waals surface area (Å²) in [6, 6.07) is 5.38. The van der Waals surface area contributed by atoms with E-state index in [2.05, 4.69) is 5.32 Å². The van der Waals surface area contributed by atoms with Crippen molar-refractivity contribution in [1.29, 1.82) is 5.26 Å². The molecule has 0 bridgehead atoms. The maximum absolute atomic E-state index is 11.9. The van der Waals surface area contributed by atoms with Crippen LogP contribution in [-0.4, -0.2) is 21.9 Å². The number of hydrogen-bond donors (Lipinski definition) is 2. The Labute approximate surface area is 120 Å². The maximum Gasteiger partial charge on any atom is 0.307 e. The van der Waals surface area contributed by atoms with Crippen molar-refractivity contribution in [1.82, 2.24) is 0 Å². The molecule has 1 amide bonds. The number of amides is 1. The van der Waals surface area contributed by atoms with E-state index in [-0.39, 0.29) is 11.3 Å². The van der Waals surface area contributed by atoms with Gasteiger partial charge in [-0.1, -0.05) is 13.8 Å². The molecule has 0 fully saturated rings. The Morgan fingerprint density at radius 1 is 1.38 bits per heavy atom. The zero-order valence-corrected chi connectivity index (χ0v) is 11.4. The van der Waals surface area contributed by atoms with Crippen LogP contribution in [0.15, 0.2) is 18.2 Å². The molecule has 0 aliphatic heterocycles. The van der Waals surface area contributed by atoms with Gasteiger partial charge in [0, 0.05) is 12.0 Å². The van der Waals surface area contributed by atoms with Crippen LogP contribution in [0.2, 0.25) is 0 Å². The number of carbonyl (C=O) groups is 2. The fraction of sp³-hybridized carbons (Fsp3) is 0.308. The summed E-state index contributed by atoms with van der Waals surface area (Å²) in [5.41, 5.74) is -0.405. The van der Waals surface area contributed by atoms with Crippen LogP contribution in [0.1, 0.15) is 19.4 Å². The minimum absolute atomic E-state index is 0.0755. The Kier molecular flexibility index (Phi) is 4.96. The molecule has 8 nitrogen and oxygen atoms in total. The van der Waals surface area contributed by atoms with Gasteiger partial charge in [0.25, 0.3) is 5.69 Å². The maximum atomic E-state index is 11.9. The Bertz CT molecular complexity index is 635. The zero-order chi connectivity index (χ0) is 16.2. The summed E-state index contributed by atoms with van der Waals surface area (Å²) in [5.74, 6) is -3.56. The number of nitro groups is 1. The Hall–Kier alpha value is -2.95. The molecule has 21 heavy (non-hydrogen) atoms. The number of nitrogens with one attached hydrogen (secondary N) is 1. The van der Waals surface area contributed by atoms with Gasteiger partial charge in [-0.15, -0.1) is 0 Å². The van der Waals surface area contributed by atoms with Crippen LogP contribution >= 0.6 is 0 Å². The van der Waals surface area contributed by atoms with Crippen LogP contribution in [0.3, 0.4) is 0 Å². The van der Waals surface area contributed by atoms with Gasteiger partial charge in [-0.2, -0.15) is 5.26 Å². The largest absolute Gasteiger partial charge is 0.481 e. The smallest absolute Gasteiger partial charge is 0.307 e. The summed E-state index contributed by atoms with van der Waals surface area (Å²) < 4.78 is 0. The monoisotopic (exact) mass is 291 g/mol. The van der Waals surface area contributed by atoms with Crippen LogP contribution in [0.4, 0.5) is 11.4 Å². The highest BCUT2D eigenvalue weighted by Crippen LogP contribution is 2.26. The van der Waals surface area contributed by atoms with E-state index in [0.29, 0.717) is 0 Å². The van der Waals surface area contributed by atoms with Gasteiger partial charge < -0.3 is 10.4 Å². The second kappa shape index (κ2) is 6.47. The summed E-state index contributed by atoms with van der Waals surface area (Å²) in [6.45, 7) is 2.80. The molecule has 0 aromatic heterocycles. The first-order valence-corrected chi connectivity index (χ1v) is 6.00. The van der Waals surface area contributed by atoms with Crippen molar-refractivity contribution >= 4 is 23.3 Å². The van der Waals surface area contributed by atoms with E-state index in [1.54, 1.807) is 6.07 Å². The lowest BCUT2D eigenvalue weighted by atomic mass is 9.95. The third-order valence-corrected chi connectivity index (χ3v) is 3.13. The first-order valence-electron chi connectivity index (χ1n) is 6.00. The van der Waals surface area contributed by atoms with Crippen molar-refractivity contribution in [3.63, 3.8) is 0 Å². The number of benzene rings is 1. The lowest BCUT2D eigenvalue weighted by Gasteiger charge is -2.15. The van der Waals surface area contributed by atoms with Crippen LogP contribution in [0, 0.1) is 33.3 Å². The quantitative estimate of drug-likeness (QED) is 0.627. The Morgan fingerprint density at radius 2 is 2.00 bits per heavy atom. The fourth-order valence-electron chi connectivity index (χ4n) is 1.55. The van der Waals surface area contributed by atoms with E-state index in [1.807, 2.05) is 0 Å². The third kappa shape index (κ3) is 3.76. The summed E-state index contributed by atoms with van der Waals surface area (Å²) in [6.07, 6.45) is 0. The van der Waals surface area contributed by atoms with Crippen molar-refractivity contribution < 1.29 is 19.6 Å². The first-order chi connectivity index (χ1) is 9.77. The van der Waals surface area contributed by atoms with Gasteiger partial charge >= 0.3 is 5.97 Å². The van der Waals surface area contributed by atoms with E-state index in [4.69, 9.17) is 10.4 Å². The minimum Gasteiger partial charge on any atom is -0.481 e. The van der Waals surface area contributed by atoms with E-state index in [0.717, 1.165) is 6.07 Å². The number of aliphatic carboxylic acids is 1. The Morgan fingerprint density at radius 3 is 2.48 bits per heavy atom. The predicted octanol–water partition coefficient (Wildman–Crippen LogP) is 1.76. The van der Waals surface area contributed by atoms with Crippen molar-refractivity contribution in [2.75, 3.05) is 5.32 Å². The van der Waals surface area contributed by atoms with Gasteiger partial charge in [0.2, 0.25) is 5.91 Å². The number of carboxylic acids is 1. The molecule has 8 heteroatoms. The molecule has 0 saturated carbocycles. The zero-order valence-electron chi connectivity index (χ0n) is 11.4. The molecular formula is C13H13N3O5. The van der Waals surface area contributed by atoms with Crippen LogP contribution in [0.25, 0.3) is 0 Å². The van der Waals surface area contributed by atoms with Crippen LogP contribution in [0.5, 0.6) is 0 Å². The van der Waals surface area contributed by atoms with Gasteiger partial charge in [-0.3, -0.25) is 19.7 Å².